The molecule has 0 unspecified atom stereocenters. The Morgan fingerprint density at radius 1 is 1.29 bits per heavy atom. The second-order valence-electron chi connectivity index (χ2n) is 7.86. The van der Waals surface area contributed by atoms with Crippen molar-refractivity contribution in [3.8, 4) is 11.5 Å². The molecule has 2 heterocycles. The first-order valence-electron chi connectivity index (χ1n) is 9.57. The first kappa shape index (κ1) is 22.1. The molecule has 0 amide bonds. The normalized spacial score (nSPS) is 24.4. The molecule has 0 radical (unpaired) electrons. The first-order valence-corrected chi connectivity index (χ1v) is 13.1. The van der Waals surface area contributed by atoms with Gasteiger partial charge < -0.3 is 14.2 Å². The predicted octanol–water partition coefficient (Wildman–Crippen LogP) is 2.56. The second-order valence-corrected chi connectivity index (χ2v) is 12.6. The van der Waals surface area contributed by atoms with Crippen LogP contribution in [-0.2, 0) is 19.0 Å². The molecule has 0 bridgehead atoms. The van der Waals surface area contributed by atoms with E-state index in [4.69, 9.17) is 14.2 Å². The van der Waals surface area contributed by atoms with Crippen LogP contribution in [0.15, 0.2) is 0 Å². The molecule has 8 nitrogen and oxygen atoms in total. The van der Waals surface area contributed by atoms with E-state index in [1.54, 1.807) is 6.92 Å². The van der Waals surface area contributed by atoms with E-state index in [-0.39, 0.29) is 24.3 Å². The summed E-state index contributed by atoms with van der Waals surface area (Å²) >= 11 is 0. The Morgan fingerprint density at radius 2 is 1.96 bits per heavy atom. The van der Waals surface area contributed by atoms with Gasteiger partial charge in [0.2, 0.25) is 5.69 Å². The molecular formula is C19H29N3O5Si. The number of hydrogen-bond acceptors (Lipinski definition) is 7. The average Bonchev–Trinajstić information content (AvgIpc) is 3.14. The summed E-state index contributed by atoms with van der Waals surface area (Å²) in [6.45, 7) is 13.6. The van der Waals surface area contributed by atoms with E-state index in [2.05, 4.69) is 41.4 Å². The fraction of sp³-hybridized carbons (Fsp3) is 0.684. The highest BCUT2D eigenvalue weighted by molar-refractivity contribution is 6.83. The van der Waals surface area contributed by atoms with Crippen LogP contribution in [0.5, 0.6) is 0 Å². The van der Waals surface area contributed by atoms with Gasteiger partial charge in [0.05, 0.1) is 12.7 Å². The van der Waals surface area contributed by atoms with E-state index in [0.717, 1.165) is 6.42 Å². The van der Waals surface area contributed by atoms with Gasteiger partial charge in [0, 0.05) is 12.8 Å². The molecule has 1 saturated heterocycles. The van der Waals surface area contributed by atoms with Gasteiger partial charge in [-0.15, -0.1) is 10.6 Å². The number of rotatable bonds is 5. The molecule has 1 aliphatic rings. The lowest BCUT2D eigenvalue weighted by Gasteiger charge is -2.21. The Hall–Kier alpha value is -2.18. The van der Waals surface area contributed by atoms with Crippen LogP contribution in [0.3, 0.4) is 0 Å². The van der Waals surface area contributed by atoms with E-state index in [0.29, 0.717) is 5.69 Å². The highest BCUT2D eigenvalue weighted by Gasteiger charge is 2.46. The maximum Gasteiger partial charge on any atom is 0.361 e. The van der Waals surface area contributed by atoms with Crippen molar-refractivity contribution in [1.29, 1.82) is 0 Å². The van der Waals surface area contributed by atoms with E-state index in [1.165, 1.54) is 11.6 Å². The van der Waals surface area contributed by atoms with Crippen LogP contribution in [-0.4, -0.2) is 53.8 Å². The van der Waals surface area contributed by atoms with Gasteiger partial charge in [-0.3, -0.25) is 4.79 Å². The van der Waals surface area contributed by atoms with Crippen molar-refractivity contribution in [3.05, 3.63) is 11.4 Å². The molecule has 4 atom stereocenters. The van der Waals surface area contributed by atoms with Gasteiger partial charge in [-0.05, 0) is 13.3 Å². The zero-order valence-electron chi connectivity index (χ0n) is 17.6. The smallest absolute Gasteiger partial charge is 0.361 e. The molecule has 0 aliphatic carbocycles. The van der Waals surface area contributed by atoms with Crippen molar-refractivity contribution in [1.82, 2.24) is 15.0 Å². The maximum atomic E-state index is 12.3. The van der Waals surface area contributed by atoms with Gasteiger partial charge in [0.25, 0.3) is 0 Å². The summed E-state index contributed by atoms with van der Waals surface area (Å²) in [5.41, 5.74) is 3.61. The lowest BCUT2D eigenvalue weighted by Crippen LogP contribution is -2.30. The SMILES string of the molecule is CCOC(=O)c1nnn([C@@H]2O[C@H](CC)[C@@H](C)[C@H]2OC(C)=O)c1C#C[Si](C)(C)C. The lowest BCUT2D eigenvalue weighted by atomic mass is 9.98. The highest BCUT2D eigenvalue weighted by atomic mass is 28.3. The van der Waals surface area contributed by atoms with Crippen molar-refractivity contribution in [2.24, 2.45) is 5.92 Å². The zero-order valence-corrected chi connectivity index (χ0v) is 18.6. The Kier molecular flexibility index (Phi) is 7.01. The van der Waals surface area contributed by atoms with Crippen LogP contribution in [0.25, 0.3) is 0 Å². The number of aromatic nitrogens is 3. The minimum absolute atomic E-state index is 0.0352. The van der Waals surface area contributed by atoms with Crippen LogP contribution in [0.1, 0.15) is 56.5 Å². The third-order valence-electron chi connectivity index (χ3n) is 4.36. The zero-order chi connectivity index (χ0) is 21.1. The van der Waals surface area contributed by atoms with E-state index >= 15 is 0 Å². The lowest BCUT2D eigenvalue weighted by molar-refractivity contribution is -0.154. The molecule has 0 N–H and O–H groups in total. The summed E-state index contributed by atoms with van der Waals surface area (Å²) in [4.78, 5) is 24.0. The van der Waals surface area contributed by atoms with Gasteiger partial charge in [-0.25, -0.2) is 9.48 Å². The Bertz CT molecular complexity index is 790. The summed E-state index contributed by atoms with van der Waals surface area (Å²) < 4.78 is 18.2. The number of carbonyl (C=O) groups excluding carboxylic acids is 2. The molecule has 0 saturated carbocycles. The molecule has 1 aromatic heterocycles. The predicted molar refractivity (Wildman–Crippen MR) is 105 cm³/mol. The summed E-state index contributed by atoms with van der Waals surface area (Å²) in [6, 6.07) is 0. The van der Waals surface area contributed by atoms with E-state index in [1.807, 2.05) is 13.8 Å². The summed E-state index contributed by atoms with van der Waals surface area (Å²) in [7, 11) is -1.74. The molecule has 28 heavy (non-hydrogen) atoms. The van der Waals surface area contributed by atoms with Crippen molar-refractivity contribution in [3.63, 3.8) is 0 Å². The topological polar surface area (TPSA) is 92.5 Å². The molecule has 1 fully saturated rings. The van der Waals surface area contributed by atoms with Crippen LogP contribution >= 0.6 is 0 Å². The minimum Gasteiger partial charge on any atom is -0.461 e. The third kappa shape index (κ3) is 5.00. The number of esters is 2. The highest BCUT2D eigenvalue weighted by Crippen LogP contribution is 2.37. The Balaban J connectivity index is 2.54. The Morgan fingerprint density at radius 3 is 2.50 bits per heavy atom. The van der Waals surface area contributed by atoms with Crippen molar-refractivity contribution < 1.29 is 23.8 Å². The van der Waals surface area contributed by atoms with Crippen LogP contribution < -0.4 is 0 Å². The van der Waals surface area contributed by atoms with Gasteiger partial charge in [0.15, 0.2) is 12.3 Å². The molecule has 1 aromatic rings. The van der Waals surface area contributed by atoms with E-state index < -0.39 is 32.3 Å². The largest absolute Gasteiger partial charge is 0.461 e. The molecule has 1 aliphatic heterocycles. The maximum absolute atomic E-state index is 12.3. The fourth-order valence-electron chi connectivity index (χ4n) is 3.05. The minimum atomic E-state index is -1.74. The molecule has 0 spiro atoms. The van der Waals surface area contributed by atoms with Crippen LogP contribution in [0, 0.1) is 17.4 Å². The standard InChI is InChI=1S/C19H29N3O5Si/c1-8-15-12(3)17(26-13(4)23)18(27-15)22-14(10-11-28(5,6)7)16(20-21-22)19(24)25-9-2/h12,15,17-18H,8-9H2,1-7H3/t12-,15-,17-,18-/m1/s1. The van der Waals surface area contributed by atoms with Gasteiger partial charge in [-0.1, -0.05) is 44.6 Å². The van der Waals surface area contributed by atoms with Gasteiger partial charge in [0.1, 0.15) is 13.8 Å². The van der Waals surface area contributed by atoms with Gasteiger partial charge >= 0.3 is 11.9 Å². The monoisotopic (exact) mass is 407 g/mol. The fourth-order valence-corrected chi connectivity index (χ4v) is 3.54. The molecule has 2 rings (SSSR count). The van der Waals surface area contributed by atoms with Crippen LogP contribution in [0.2, 0.25) is 19.6 Å². The number of nitrogens with zero attached hydrogens (tertiary/aromatic N) is 3. The average molecular weight is 408 g/mol. The quantitative estimate of drug-likeness (QED) is 0.421. The van der Waals surface area contributed by atoms with Crippen molar-refractivity contribution in [2.45, 2.75) is 72.2 Å². The molecule has 9 heteroatoms. The van der Waals surface area contributed by atoms with E-state index in [9.17, 15) is 9.59 Å². The van der Waals surface area contributed by atoms with Crippen molar-refractivity contribution >= 4 is 20.0 Å². The third-order valence-corrected chi connectivity index (χ3v) is 5.24. The number of carbonyl (C=O) groups is 2. The summed E-state index contributed by atoms with van der Waals surface area (Å²) in [6.07, 6.45) is -0.607. The molecular weight excluding hydrogens is 378 g/mol. The number of hydrogen-bond donors (Lipinski definition) is 0. The second kappa shape index (κ2) is 8.88. The molecule has 154 valence electrons. The number of ether oxygens (including phenoxy) is 3. The van der Waals surface area contributed by atoms with Crippen molar-refractivity contribution in [2.75, 3.05) is 6.61 Å². The first-order chi connectivity index (χ1) is 13.1. The Labute approximate surface area is 166 Å². The van der Waals surface area contributed by atoms with Gasteiger partial charge in [-0.2, -0.15) is 0 Å². The summed E-state index contributed by atoms with van der Waals surface area (Å²) in [5.74, 6) is 2.05. The summed E-state index contributed by atoms with van der Waals surface area (Å²) in [5, 5.41) is 8.13. The molecule has 0 aromatic carbocycles. The van der Waals surface area contributed by atoms with Crippen LogP contribution in [0.4, 0.5) is 0 Å².